The van der Waals surface area contributed by atoms with E-state index in [1.54, 1.807) is 24.7 Å². The van der Waals surface area contributed by atoms with Crippen molar-refractivity contribution in [1.82, 2.24) is 35.5 Å². The van der Waals surface area contributed by atoms with E-state index >= 15 is 0 Å². The highest BCUT2D eigenvalue weighted by Crippen LogP contribution is 2.34. The van der Waals surface area contributed by atoms with Crippen LogP contribution in [0, 0.1) is 5.82 Å². The highest BCUT2D eigenvalue weighted by atomic mass is 32.2. The van der Waals surface area contributed by atoms with E-state index in [1.165, 1.54) is 24.0 Å². The van der Waals surface area contributed by atoms with Crippen LogP contribution in [0.25, 0.3) is 55.7 Å². The molecule has 0 unspecified atom stereocenters. The molecule has 0 saturated heterocycles. The first-order valence-electron chi connectivity index (χ1n) is 14.8. The summed E-state index contributed by atoms with van der Waals surface area (Å²) in [5.74, 6) is -0.504. The Kier molecular flexibility index (Phi) is 7.85. The van der Waals surface area contributed by atoms with Crippen LogP contribution in [-0.4, -0.2) is 50.6 Å². The van der Waals surface area contributed by atoms with Gasteiger partial charge in [-0.05, 0) is 65.6 Å². The van der Waals surface area contributed by atoms with Crippen molar-refractivity contribution in [2.45, 2.75) is 19.5 Å². The first-order valence-corrected chi connectivity index (χ1v) is 16.8. The van der Waals surface area contributed by atoms with Crippen LogP contribution in [0.4, 0.5) is 4.39 Å². The zero-order valence-corrected chi connectivity index (χ0v) is 25.8. The third kappa shape index (κ3) is 6.42. The summed E-state index contributed by atoms with van der Waals surface area (Å²) in [4.78, 5) is 17.1. The number of fused-ring (bicyclic) bond motifs is 2. The summed E-state index contributed by atoms with van der Waals surface area (Å²) in [6, 6.07) is 22.7. The Labute approximate surface area is 264 Å². The van der Waals surface area contributed by atoms with Crippen molar-refractivity contribution in [1.29, 1.82) is 0 Å². The van der Waals surface area contributed by atoms with Crippen LogP contribution in [-0.2, 0) is 29.3 Å². The summed E-state index contributed by atoms with van der Waals surface area (Å²) < 4.78 is 38.1. The fraction of sp³-hybridized carbons (Fsp3) is 0.143. The molecular weight excluding hydrogens is 601 g/mol. The largest absolute Gasteiger partial charge is 0.353 e. The highest BCUT2D eigenvalue weighted by Gasteiger charge is 2.17. The normalized spacial score (nSPS) is 11.9. The van der Waals surface area contributed by atoms with Gasteiger partial charge < -0.3 is 10.3 Å². The number of nitrogens with zero attached hydrogens (tertiary/aromatic N) is 4. The van der Waals surface area contributed by atoms with Crippen molar-refractivity contribution in [3.05, 3.63) is 120 Å². The number of sulfone groups is 1. The van der Waals surface area contributed by atoms with Crippen molar-refractivity contribution in [3.8, 4) is 33.9 Å². The lowest BCUT2D eigenvalue weighted by Crippen LogP contribution is -2.12. The lowest BCUT2D eigenvalue weighted by molar-refractivity contribution is 0.600. The Bertz CT molecular complexity index is 2300. The van der Waals surface area contributed by atoms with Gasteiger partial charge in [0.2, 0.25) is 0 Å². The van der Waals surface area contributed by atoms with E-state index in [-0.39, 0.29) is 12.2 Å². The average molecular weight is 632 g/mol. The van der Waals surface area contributed by atoms with Crippen molar-refractivity contribution in [3.63, 3.8) is 0 Å². The Morgan fingerprint density at radius 2 is 1.59 bits per heavy atom. The van der Waals surface area contributed by atoms with E-state index in [9.17, 15) is 12.8 Å². The molecule has 7 aromatic rings. The Hall–Kier alpha value is -5.26. The van der Waals surface area contributed by atoms with E-state index in [4.69, 9.17) is 0 Å². The molecule has 0 radical (unpaired) electrons. The number of H-pyrrole nitrogens is 2. The molecule has 0 fully saturated rings. The zero-order valence-electron chi connectivity index (χ0n) is 25.0. The molecule has 0 saturated carbocycles. The quantitative estimate of drug-likeness (QED) is 0.163. The molecule has 5 heterocycles. The molecule has 9 nitrogen and oxygen atoms in total. The third-order valence-corrected chi connectivity index (χ3v) is 8.78. The summed E-state index contributed by atoms with van der Waals surface area (Å²) >= 11 is 0. The SMILES string of the molecule is CS(=O)(=O)CCc1cc(F)cc(-c2nccc3[nH]c(-c4n[nH]c5cnc(-c6cncc(CNCc7ccccc7)c6)cc45)cc23)c1. The van der Waals surface area contributed by atoms with Crippen LogP contribution < -0.4 is 5.32 Å². The van der Waals surface area contributed by atoms with Gasteiger partial charge in [-0.3, -0.25) is 20.1 Å². The minimum Gasteiger partial charge on any atom is -0.353 e. The smallest absolute Gasteiger partial charge is 0.147 e. The molecule has 0 amide bonds. The lowest BCUT2D eigenvalue weighted by Gasteiger charge is -2.07. The van der Waals surface area contributed by atoms with E-state index < -0.39 is 15.7 Å². The fourth-order valence-corrected chi connectivity index (χ4v) is 6.20. The van der Waals surface area contributed by atoms with Gasteiger partial charge in [-0.1, -0.05) is 30.3 Å². The van der Waals surface area contributed by atoms with Crippen molar-refractivity contribution in [2.75, 3.05) is 12.0 Å². The number of aromatic amines is 2. The highest BCUT2D eigenvalue weighted by molar-refractivity contribution is 7.90. The topological polar surface area (TPSA) is 129 Å². The van der Waals surface area contributed by atoms with Gasteiger partial charge >= 0.3 is 0 Å². The molecule has 0 bridgehead atoms. The maximum atomic E-state index is 14.7. The van der Waals surface area contributed by atoms with Crippen LogP contribution in [0.1, 0.15) is 16.7 Å². The van der Waals surface area contributed by atoms with Crippen molar-refractivity contribution >= 4 is 31.6 Å². The number of aryl methyl sites for hydroxylation is 1. The Morgan fingerprint density at radius 3 is 2.43 bits per heavy atom. The van der Waals surface area contributed by atoms with Crippen LogP contribution >= 0.6 is 0 Å². The summed E-state index contributed by atoms with van der Waals surface area (Å²) in [6.45, 7) is 1.43. The number of pyridine rings is 3. The van der Waals surface area contributed by atoms with Crippen molar-refractivity contribution < 1.29 is 12.8 Å². The fourth-order valence-electron chi connectivity index (χ4n) is 5.60. The Morgan fingerprint density at radius 1 is 0.783 bits per heavy atom. The standard InChI is InChI=1S/C35H30FN7O2S/c1-46(44,45)10-8-23-11-25(14-27(36)13-23)34-28-16-32(41-30(28)7-9-39-34)35-29-15-31(40-21-33(29)42-43-35)26-12-24(19-38-20-26)18-37-17-22-5-3-2-4-6-22/h2-7,9,11-16,19-21,37,41H,8,10,17-18H2,1H3,(H,42,43). The molecule has 7 rings (SSSR count). The number of halogens is 1. The van der Waals surface area contributed by atoms with Crippen LogP contribution in [0.3, 0.4) is 0 Å². The first-order chi connectivity index (χ1) is 22.3. The second-order valence-electron chi connectivity index (χ2n) is 11.4. The third-order valence-electron chi connectivity index (χ3n) is 7.83. The maximum Gasteiger partial charge on any atom is 0.147 e. The van der Waals surface area contributed by atoms with Crippen LogP contribution in [0.2, 0.25) is 0 Å². The number of hydrogen-bond donors (Lipinski definition) is 3. The summed E-state index contributed by atoms with van der Waals surface area (Å²) in [7, 11) is -3.19. The van der Waals surface area contributed by atoms with E-state index in [2.05, 4.69) is 53.6 Å². The predicted molar refractivity (Wildman–Crippen MR) is 178 cm³/mol. The second kappa shape index (κ2) is 12.3. The molecule has 0 spiro atoms. The van der Waals surface area contributed by atoms with Crippen molar-refractivity contribution in [2.24, 2.45) is 0 Å². The maximum absolute atomic E-state index is 14.7. The van der Waals surface area contributed by atoms with E-state index in [0.29, 0.717) is 29.1 Å². The molecule has 0 atom stereocenters. The van der Waals surface area contributed by atoms with Gasteiger partial charge in [0, 0.05) is 65.4 Å². The van der Waals surface area contributed by atoms with Gasteiger partial charge in [-0.25, -0.2) is 12.8 Å². The van der Waals surface area contributed by atoms with Gasteiger partial charge in [0.05, 0.1) is 34.5 Å². The predicted octanol–water partition coefficient (Wildman–Crippen LogP) is 6.25. The first kappa shape index (κ1) is 29.5. The summed E-state index contributed by atoms with van der Waals surface area (Å²) in [6.07, 6.45) is 8.48. The molecular formula is C35H30FN7O2S. The van der Waals surface area contributed by atoms with Crippen LogP contribution in [0.5, 0.6) is 0 Å². The van der Waals surface area contributed by atoms with Gasteiger partial charge in [0.15, 0.2) is 0 Å². The summed E-state index contributed by atoms with van der Waals surface area (Å²) in [5.41, 5.74) is 8.76. The molecule has 230 valence electrons. The molecule has 5 aromatic heterocycles. The monoisotopic (exact) mass is 631 g/mol. The number of benzene rings is 2. The molecule has 0 aliphatic heterocycles. The van der Waals surface area contributed by atoms with Gasteiger partial charge in [0.25, 0.3) is 0 Å². The molecule has 2 aromatic carbocycles. The lowest BCUT2D eigenvalue weighted by atomic mass is 10.0. The van der Waals surface area contributed by atoms with Gasteiger partial charge in [0.1, 0.15) is 21.3 Å². The minimum atomic E-state index is -3.19. The summed E-state index contributed by atoms with van der Waals surface area (Å²) in [5, 5.41) is 12.8. The molecule has 11 heteroatoms. The zero-order chi connectivity index (χ0) is 31.7. The number of nitrogens with one attached hydrogen (secondary N) is 3. The van der Waals surface area contributed by atoms with E-state index in [0.717, 1.165) is 50.9 Å². The molecule has 0 aliphatic rings. The van der Waals surface area contributed by atoms with Crippen LogP contribution in [0.15, 0.2) is 97.6 Å². The van der Waals surface area contributed by atoms with Gasteiger partial charge in [-0.2, -0.15) is 5.10 Å². The molecule has 0 aliphatic carbocycles. The van der Waals surface area contributed by atoms with Gasteiger partial charge in [-0.15, -0.1) is 0 Å². The van der Waals surface area contributed by atoms with E-state index in [1.807, 2.05) is 42.6 Å². The minimum absolute atomic E-state index is 0.0591. The second-order valence-corrected chi connectivity index (χ2v) is 13.6. The average Bonchev–Trinajstić information content (AvgIpc) is 3.68. The number of hydrogen-bond acceptors (Lipinski definition) is 7. The number of rotatable bonds is 10. The molecule has 46 heavy (non-hydrogen) atoms. The number of aromatic nitrogens is 6. The molecule has 3 N–H and O–H groups in total. The Balaban J connectivity index is 1.19.